The monoisotopic (exact) mass is 167 g/mol. The van der Waals surface area contributed by atoms with E-state index < -0.39 is 0 Å². The van der Waals surface area contributed by atoms with Crippen LogP contribution in [0, 0.1) is 6.92 Å². The number of nitrogens with zero attached hydrogens (tertiary/aromatic N) is 1. The van der Waals surface area contributed by atoms with Crippen LogP contribution in [0.4, 0.5) is 0 Å². The molecule has 0 aromatic carbocycles. The van der Waals surface area contributed by atoms with Crippen LogP contribution in [0.3, 0.4) is 0 Å². The summed E-state index contributed by atoms with van der Waals surface area (Å²) in [5.74, 6) is 0.299. The highest BCUT2D eigenvalue weighted by atomic mass is 16.3. The molecule has 0 aliphatic carbocycles. The molecule has 0 saturated carbocycles. The van der Waals surface area contributed by atoms with Gasteiger partial charge in [0.15, 0.2) is 0 Å². The zero-order valence-corrected chi connectivity index (χ0v) is 8.26. The molecule has 0 spiro atoms. The Morgan fingerprint density at radius 1 is 1.33 bits per heavy atom. The minimum Gasteiger partial charge on any atom is -0.506 e. The number of hydrogen-bond acceptors (Lipinski definition) is 2. The minimum atomic E-state index is 0.299. The molecule has 0 aliphatic rings. The van der Waals surface area contributed by atoms with Gasteiger partial charge in [0.25, 0.3) is 0 Å². The standard InChI is InChI=1S/C8H11NO.C2H6/c1-3-7-8(10)5-4-6(2)9-7;1-2/h4-5,10H,3H2,1-2H3;1-2H3. The fourth-order valence-electron chi connectivity index (χ4n) is 0.863. The lowest BCUT2D eigenvalue weighted by Crippen LogP contribution is -1.89. The van der Waals surface area contributed by atoms with Crippen molar-refractivity contribution in [3.63, 3.8) is 0 Å². The van der Waals surface area contributed by atoms with Crippen LogP contribution < -0.4 is 0 Å². The Hall–Kier alpha value is -1.05. The van der Waals surface area contributed by atoms with E-state index in [-0.39, 0.29) is 0 Å². The summed E-state index contributed by atoms with van der Waals surface area (Å²) in [5, 5.41) is 9.17. The summed E-state index contributed by atoms with van der Waals surface area (Å²) in [6.45, 7) is 7.89. The van der Waals surface area contributed by atoms with Gasteiger partial charge in [-0.15, -0.1) is 0 Å². The summed E-state index contributed by atoms with van der Waals surface area (Å²) < 4.78 is 0. The molecule has 0 amide bonds. The number of rotatable bonds is 1. The molecule has 2 nitrogen and oxygen atoms in total. The van der Waals surface area contributed by atoms with Gasteiger partial charge in [-0.25, -0.2) is 0 Å². The molecule has 1 N–H and O–H groups in total. The fraction of sp³-hybridized carbons (Fsp3) is 0.500. The van der Waals surface area contributed by atoms with E-state index in [1.54, 1.807) is 12.1 Å². The molecule has 0 fully saturated rings. The maximum Gasteiger partial charge on any atom is 0.137 e. The minimum absolute atomic E-state index is 0.299. The highest BCUT2D eigenvalue weighted by molar-refractivity contribution is 5.27. The molecule has 68 valence electrons. The Kier molecular flexibility index (Phi) is 5.09. The summed E-state index contributed by atoms with van der Waals surface area (Å²) in [7, 11) is 0. The zero-order chi connectivity index (χ0) is 9.56. The highest BCUT2D eigenvalue weighted by Crippen LogP contribution is 2.14. The van der Waals surface area contributed by atoms with Crippen molar-refractivity contribution in [2.45, 2.75) is 34.1 Å². The van der Waals surface area contributed by atoms with E-state index in [0.29, 0.717) is 5.75 Å². The molecule has 0 unspecified atom stereocenters. The van der Waals surface area contributed by atoms with Crippen molar-refractivity contribution in [2.75, 3.05) is 0 Å². The predicted octanol–water partition coefficient (Wildman–Crippen LogP) is 2.68. The van der Waals surface area contributed by atoms with E-state index in [2.05, 4.69) is 4.98 Å². The van der Waals surface area contributed by atoms with Crippen molar-refractivity contribution in [3.8, 4) is 5.75 Å². The van der Waals surface area contributed by atoms with Crippen LogP contribution in [0.5, 0.6) is 5.75 Å². The fourth-order valence-corrected chi connectivity index (χ4v) is 0.863. The van der Waals surface area contributed by atoms with Gasteiger partial charge in [0.05, 0.1) is 5.69 Å². The lowest BCUT2D eigenvalue weighted by Gasteiger charge is -1.99. The van der Waals surface area contributed by atoms with Gasteiger partial charge in [0.1, 0.15) is 5.75 Å². The Morgan fingerprint density at radius 2 is 1.92 bits per heavy atom. The van der Waals surface area contributed by atoms with Gasteiger partial charge in [0.2, 0.25) is 0 Å². The molecule has 0 atom stereocenters. The van der Waals surface area contributed by atoms with E-state index in [0.717, 1.165) is 17.8 Å². The Bertz CT molecular complexity index is 233. The first-order chi connectivity index (χ1) is 5.74. The van der Waals surface area contributed by atoms with Crippen molar-refractivity contribution in [1.82, 2.24) is 4.98 Å². The van der Waals surface area contributed by atoms with E-state index in [4.69, 9.17) is 0 Å². The second-order valence-corrected chi connectivity index (χ2v) is 2.27. The normalized spacial score (nSPS) is 8.67. The molecule has 12 heavy (non-hydrogen) atoms. The van der Waals surface area contributed by atoms with Gasteiger partial charge >= 0.3 is 0 Å². The Morgan fingerprint density at radius 3 is 2.33 bits per heavy atom. The molecule has 2 heteroatoms. The predicted molar refractivity (Wildman–Crippen MR) is 51.4 cm³/mol. The maximum absolute atomic E-state index is 9.17. The molecule has 0 bridgehead atoms. The molecular formula is C10H17NO. The lowest BCUT2D eigenvalue weighted by atomic mass is 10.2. The molecule has 1 aromatic heterocycles. The number of hydrogen-bond donors (Lipinski definition) is 1. The van der Waals surface area contributed by atoms with Crippen molar-refractivity contribution in [3.05, 3.63) is 23.5 Å². The largest absolute Gasteiger partial charge is 0.506 e. The third-order valence-corrected chi connectivity index (χ3v) is 1.42. The van der Waals surface area contributed by atoms with Gasteiger partial charge < -0.3 is 5.11 Å². The summed E-state index contributed by atoms with van der Waals surface area (Å²) in [6, 6.07) is 3.48. The van der Waals surface area contributed by atoms with E-state index in [9.17, 15) is 5.11 Å². The second kappa shape index (κ2) is 5.58. The average Bonchev–Trinajstić information content (AvgIpc) is 2.13. The van der Waals surface area contributed by atoms with Crippen LogP contribution in [0.15, 0.2) is 12.1 Å². The number of aromatic hydroxyl groups is 1. The molecule has 1 rings (SSSR count). The van der Waals surface area contributed by atoms with Crippen LogP contribution in [-0.4, -0.2) is 10.1 Å². The van der Waals surface area contributed by atoms with Crippen LogP contribution in [0.25, 0.3) is 0 Å². The van der Waals surface area contributed by atoms with Crippen molar-refractivity contribution < 1.29 is 5.11 Å². The molecule has 1 heterocycles. The Labute approximate surface area is 74.3 Å². The van der Waals surface area contributed by atoms with Crippen LogP contribution in [0.1, 0.15) is 32.2 Å². The first kappa shape index (κ1) is 11.0. The van der Waals surface area contributed by atoms with Gasteiger partial charge in [-0.3, -0.25) is 4.98 Å². The molecular weight excluding hydrogens is 150 g/mol. The number of aromatic nitrogens is 1. The topological polar surface area (TPSA) is 33.1 Å². The van der Waals surface area contributed by atoms with Crippen molar-refractivity contribution >= 4 is 0 Å². The number of aryl methyl sites for hydroxylation is 2. The smallest absolute Gasteiger partial charge is 0.137 e. The van der Waals surface area contributed by atoms with Crippen LogP contribution in [0.2, 0.25) is 0 Å². The summed E-state index contributed by atoms with van der Waals surface area (Å²) in [6.07, 6.45) is 0.785. The van der Waals surface area contributed by atoms with Gasteiger partial charge in [-0.05, 0) is 25.5 Å². The zero-order valence-electron chi connectivity index (χ0n) is 8.26. The first-order valence-corrected chi connectivity index (χ1v) is 4.39. The van der Waals surface area contributed by atoms with Gasteiger partial charge in [0, 0.05) is 5.69 Å². The van der Waals surface area contributed by atoms with Crippen LogP contribution in [-0.2, 0) is 6.42 Å². The molecule has 0 aliphatic heterocycles. The maximum atomic E-state index is 9.17. The van der Waals surface area contributed by atoms with Crippen molar-refractivity contribution in [1.29, 1.82) is 0 Å². The Balaban J connectivity index is 0.000000561. The molecule has 1 aromatic rings. The van der Waals surface area contributed by atoms with Crippen molar-refractivity contribution in [2.24, 2.45) is 0 Å². The summed E-state index contributed by atoms with van der Waals surface area (Å²) >= 11 is 0. The van der Waals surface area contributed by atoms with E-state index in [1.807, 2.05) is 27.7 Å². The SMILES string of the molecule is CC.CCc1nc(C)ccc1O. The van der Waals surface area contributed by atoms with Crippen LogP contribution >= 0.6 is 0 Å². The quantitative estimate of drug-likeness (QED) is 0.697. The summed E-state index contributed by atoms with van der Waals surface area (Å²) in [4.78, 5) is 4.14. The highest BCUT2D eigenvalue weighted by Gasteiger charge is 1.97. The van der Waals surface area contributed by atoms with Gasteiger partial charge in [-0.1, -0.05) is 20.8 Å². The third-order valence-electron chi connectivity index (χ3n) is 1.42. The van der Waals surface area contributed by atoms with E-state index >= 15 is 0 Å². The van der Waals surface area contributed by atoms with E-state index in [1.165, 1.54) is 0 Å². The molecule has 0 radical (unpaired) electrons. The van der Waals surface area contributed by atoms with Gasteiger partial charge in [-0.2, -0.15) is 0 Å². The second-order valence-electron chi connectivity index (χ2n) is 2.27. The number of pyridine rings is 1. The summed E-state index contributed by atoms with van der Waals surface area (Å²) in [5.41, 5.74) is 1.73. The average molecular weight is 167 g/mol. The first-order valence-electron chi connectivity index (χ1n) is 4.39. The third kappa shape index (κ3) is 2.91. The lowest BCUT2D eigenvalue weighted by molar-refractivity contribution is 0.464. The molecule has 0 saturated heterocycles.